The zero-order chi connectivity index (χ0) is 21.3. The molecule has 7 nitrogen and oxygen atoms in total. The molecule has 170 valence electrons. The van der Waals surface area contributed by atoms with Gasteiger partial charge >= 0.3 is 6.61 Å². The van der Waals surface area contributed by atoms with Gasteiger partial charge in [0.25, 0.3) is 0 Å². The zero-order valence-electron chi connectivity index (χ0n) is 17.7. The van der Waals surface area contributed by atoms with E-state index in [2.05, 4.69) is 42.2 Å². The molecule has 0 amide bonds. The van der Waals surface area contributed by atoms with Crippen molar-refractivity contribution in [1.82, 2.24) is 20.5 Å². The maximum atomic E-state index is 12.5. The molecule has 10 heteroatoms. The smallest absolute Gasteiger partial charge is 0.387 e. The molecule has 3 rings (SSSR count). The molecule has 2 heterocycles. The number of anilines is 1. The summed E-state index contributed by atoms with van der Waals surface area (Å²) >= 11 is 0. The van der Waals surface area contributed by atoms with Gasteiger partial charge in [0.1, 0.15) is 11.6 Å². The fraction of sp³-hybridized carbons (Fsp3) is 0.429. The monoisotopic (exact) mass is 546 g/mol. The molecule has 2 N–H and O–H groups in total. The number of rotatable bonds is 7. The lowest BCUT2D eigenvalue weighted by molar-refractivity contribution is -0.0504. The average molecular weight is 546 g/mol. The highest BCUT2D eigenvalue weighted by Gasteiger charge is 2.15. The number of halogens is 3. The lowest BCUT2D eigenvalue weighted by Gasteiger charge is -2.33. The first kappa shape index (κ1) is 25.1. The second-order valence-electron chi connectivity index (χ2n) is 7.08. The second kappa shape index (κ2) is 12.6. The summed E-state index contributed by atoms with van der Waals surface area (Å²) in [5.41, 5.74) is 1.65. The van der Waals surface area contributed by atoms with Crippen molar-refractivity contribution in [2.45, 2.75) is 19.7 Å². The standard InChI is InChI=1S/C21H28F2N6O.HI/c1-24-21(27-15-17-5-3-4-6-18(17)30-20(22)23)26-14-16-7-8-19(25-13-16)29-11-9-28(2)10-12-29;/h3-8,13,20H,9-12,14-15H2,1-2H3,(H2,24,26,27);1H. The molecular formula is C21H29F2IN6O. The van der Waals surface area contributed by atoms with Crippen molar-refractivity contribution < 1.29 is 13.5 Å². The molecule has 1 fully saturated rings. The number of hydrogen-bond acceptors (Lipinski definition) is 5. The van der Waals surface area contributed by atoms with Gasteiger partial charge in [0.05, 0.1) is 0 Å². The molecule has 31 heavy (non-hydrogen) atoms. The number of ether oxygens (including phenoxy) is 1. The predicted molar refractivity (Wildman–Crippen MR) is 129 cm³/mol. The number of pyridine rings is 1. The van der Waals surface area contributed by atoms with E-state index in [-0.39, 0.29) is 29.7 Å². The van der Waals surface area contributed by atoms with Crippen LogP contribution in [0.25, 0.3) is 0 Å². The molecular weight excluding hydrogens is 517 g/mol. The minimum absolute atomic E-state index is 0. The minimum Gasteiger partial charge on any atom is -0.434 e. The van der Waals surface area contributed by atoms with Gasteiger partial charge < -0.3 is 25.2 Å². The molecule has 1 aromatic carbocycles. The number of piperazine rings is 1. The molecule has 2 aromatic rings. The van der Waals surface area contributed by atoms with Crippen LogP contribution in [-0.4, -0.2) is 62.7 Å². The Hall–Kier alpha value is -2.21. The SMILES string of the molecule is CN=C(NCc1ccc(N2CCN(C)CC2)nc1)NCc1ccccc1OC(F)F.I. The third kappa shape index (κ3) is 7.76. The van der Waals surface area contributed by atoms with Crippen LogP contribution in [0.1, 0.15) is 11.1 Å². The van der Waals surface area contributed by atoms with Crippen LogP contribution in [-0.2, 0) is 13.1 Å². The van der Waals surface area contributed by atoms with Crippen LogP contribution >= 0.6 is 24.0 Å². The Balaban J connectivity index is 0.00000341. The van der Waals surface area contributed by atoms with Gasteiger partial charge in [0, 0.05) is 58.1 Å². The normalized spacial score (nSPS) is 14.9. The maximum absolute atomic E-state index is 12.5. The van der Waals surface area contributed by atoms with E-state index >= 15 is 0 Å². The molecule has 0 unspecified atom stereocenters. The molecule has 0 saturated carbocycles. The van der Waals surface area contributed by atoms with E-state index < -0.39 is 6.61 Å². The second-order valence-corrected chi connectivity index (χ2v) is 7.08. The van der Waals surface area contributed by atoms with E-state index in [1.165, 1.54) is 6.07 Å². The Labute approximate surface area is 198 Å². The molecule has 1 aliphatic heterocycles. The van der Waals surface area contributed by atoms with Gasteiger partial charge in [-0.05, 0) is 24.7 Å². The number of likely N-dealkylation sites (N-methyl/N-ethyl adjacent to an activating group) is 1. The first-order valence-electron chi connectivity index (χ1n) is 9.91. The Kier molecular flexibility index (Phi) is 10.2. The van der Waals surface area contributed by atoms with Crippen molar-refractivity contribution in [2.24, 2.45) is 4.99 Å². The van der Waals surface area contributed by atoms with Crippen LogP contribution in [0, 0.1) is 0 Å². The lowest BCUT2D eigenvalue weighted by Crippen LogP contribution is -2.44. The highest BCUT2D eigenvalue weighted by atomic mass is 127. The number of nitrogens with one attached hydrogen (secondary N) is 2. The maximum Gasteiger partial charge on any atom is 0.387 e. The van der Waals surface area contributed by atoms with Gasteiger partial charge in [-0.15, -0.1) is 24.0 Å². The molecule has 1 aliphatic rings. The summed E-state index contributed by atoms with van der Waals surface area (Å²) in [5, 5.41) is 6.33. The van der Waals surface area contributed by atoms with Gasteiger partial charge in [0.2, 0.25) is 0 Å². The number of guanidine groups is 1. The van der Waals surface area contributed by atoms with E-state index in [4.69, 9.17) is 0 Å². The third-order valence-electron chi connectivity index (χ3n) is 4.95. The van der Waals surface area contributed by atoms with Crippen LogP contribution in [0.3, 0.4) is 0 Å². The summed E-state index contributed by atoms with van der Waals surface area (Å²) in [6, 6.07) is 10.8. The molecule has 0 spiro atoms. The van der Waals surface area contributed by atoms with Gasteiger partial charge in [-0.1, -0.05) is 24.3 Å². The zero-order valence-corrected chi connectivity index (χ0v) is 20.1. The van der Waals surface area contributed by atoms with Crippen LogP contribution in [0.2, 0.25) is 0 Å². The number of para-hydroxylation sites is 1. The molecule has 1 aromatic heterocycles. The van der Waals surface area contributed by atoms with Crippen LogP contribution in [0.5, 0.6) is 5.75 Å². The van der Waals surface area contributed by atoms with Gasteiger partial charge in [-0.25, -0.2) is 4.98 Å². The molecule has 1 saturated heterocycles. The minimum atomic E-state index is -2.86. The largest absolute Gasteiger partial charge is 0.434 e. The molecule has 0 bridgehead atoms. The molecule has 0 atom stereocenters. The number of aliphatic imine (C=N–C) groups is 1. The summed E-state index contributed by atoms with van der Waals surface area (Å²) in [6.45, 7) is 2.04. The summed E-state index contributed by atoms with van der Waals surface area (Å²) in [7, 11) is 3.79. The first-order valence-corrected chi connectivity index (χ1v) is 9.91. The van der Waals surface area contributed by atoms with E-state index in [1.54, 1.807) is 25.2 Å². The fourth-order valence-corrected chi connectivity index (χ4v) is 3.19. The average Bonchev–Trinajstić information content (AvgIpc) is 2.75. The van der Waals surface area contributed by atoms with Gasteiger partial charge in [-0.2, -0.15) is 8.78 Å². The van der Waals surface area contributed by atoms with E-state index in [1.807, 2.05) is 18.3 Å². The summed E-state index contributed by atoms with van der Waals surface area (Å²) in [6.07, 6.45) is 1.86. The van der Waals surface area contributed by atoms with E-state index in [0.29, 0.717) is 24.6 Å². The Morgan fingerprint density at radius 2 is 1.81 bits per heavy atom. The number of alkyl halides is 2. The van der Waals surface area contributed by atoms with Crippen molar-refractivity contribution >= 4 is 35.8 Å². The Morgan fingerprint density at radius 1 is 1.10 bits per heavy atom. The highest BCUT2D eigenvalue weighted by Crippen LogP contribution is 2.20. The van der Waals surface area contributed by atoms with Crippen molar-refractivity contribution in [2.75, 3.05) is 45.2 Å². The van der Waals surface area contributed by atoms with Crippen LogP contribution in [0.15, 0.2) is 47.6 Å². The predicted octanol–water partition coefficient (Wildman–Crippen LogP) is 2.92. The van der Waals surface area contributed by atoms with Crippen molar-refractivity contribution in [3.63, 3.8) is 0 Å². The first-order chi connectivity index (χ1) is 14.5. The quantitative estimate of drug-likeness (QED) is 0.317. The molecule has 0 radical (unpaired) electrons. The topological polar surface area (TPSA) is 65.0 Å². The number of aromatic nitrogens is 1. The Bertz CT molecular complexity index is 829. The number of hydrogen-bond donors (Lipinski definition) is 2. The summed E-state index contributed by atoms with van der Waals surface area (Å²) in [5.74, 6) is 1.70. The fourth-order valence-electron chi connectivity index (χ4n) is 3.19. The van der Waals surface area contributed by atoms with Gasteiger partial charge in [-0.3, -0.25) is 4.99 Å². The summed E-state index contributed by atoms with van der Waals surface area (Å²) in [4.78, 5) is 13.4. The number of benzene rings is 1. The van der Waals surface area contributed by atoms with E-state index in [0.717, 1.165) is 37.6 Å². The summed E-state index contributed by atoms with van der Waals surface area (Å²) < 4.78 is 29.7. The number of nitrogens with zero attached hydrogens (tertiary/aromatic N) is 4. The van der Waals surface area contributed by atoms with Crippen LogP contribution in [0.4, 0.5) is 14.6 Å². The van der Waals surface area contributed by atoms with Crippen molar-refractivity contribution in [3.05, 3.63) is 53.7 Å². The van der Waals surface area contributed by atoms with Crippen molar-refractivity contribution in [1.29, 1.82) is 0 Å². The van der Waals surface area contributed by atoms with E-state index in [9.17, 15) is 8.78 Å². The van der Waals surface area contributed by atoms with Gasteiger partial charge in [0.15, 0.2) is 5.96 Å². The highest BCUT2D eigenvalue weighted by molar-refractivity contribution is 14.0. The third-order valence-corrected chi connectivity index (χ3v) is 4.95. The van der Waals surface area contributed by atoms with Crippen molar-refractivity contribution in [3.8, 4) is 5.75 Å². The lowest BCUT2D eigenvalue weighted by atomic mass is 10.2. The van der Waals surface area contributed by atoms with Crippen LogP contribution < -0.4 is 20.3 Å². The molecule has 0 aliphatic carbocycles. The Morgan fingerprint density at radius 3 is 2.45 bits per heavy atom.